The van der Waals surface area contributed by atoms with Crippen molar-refractivity contribution >= 4 is 22.7 Å². The summed E-state index contributed by atoms with van der Waals surface area (Å²) in [6, 6.07) is 0. The van der Waals surface area contributed by atoms with E-state index in [-0.39, 0.29) is 17.3 Å². The summed E-state index contributed by atoms with van der Waals surface area (Å²) >= 11 is 5.16. The van der Waals surface area contributed by atoms with Crippen LogP contribution in [0.25, 0.3) is 0 Å². The molecule has 0 aliphatic carbocycles. The number of rotatable bonds is 1. The number of aliphatic imine (C=N–C) groups is 1. The summed E-state index contributed by atoms with van der Waals surface area (Å²) in [4.78, 5) is 13.5. The van der Waals surface area contributed by atoms with Crippen molar-refractivity contribution in [2.75, 3.05) is 6.54 Å². The molecule has 1 rings (SSSR count). The van der Waals surface area contributed by atoms with E-state index in [1.807, 2.05) is 0 Å². The second-order valence-corrected chi connectivity index (χ2v) is 2.06. The average Bonchev–Trinajstić information content (AvgIpc) is 2.14. The lowest BCUT2D eigenvalue weighted by Crippen LogP contribution is -2.02. The summed E-state index contributed by atoms with van der Waals surface area (Å²) in [5, 5.41) is 7.92. The predicted molar refractivity (Wildman–Crippen MR) is 33.9 cm³/mol. The number of allylic oxidation sites excluding steroid dienone is 1. The number of carboxylic acids is 1. The first kappa shape index (κ1) is 7.21. The van der Waals surface area contributed by atoms with E-state index >= 15 is 0 Å². The van der Waals surface area contributed by atoms with Crippen molar-refractivity contribution in [2.24, 2.45) is 4.99 Å². The van der Waals surface area contributed by atoms with Gasteiger partial charge in [0.05, 0.1) is 12.1 Å². The summed E-state index contributed by atoms with van der Waals surface area (Å²) in [7, 11) is 0. The van der Waals surface area contributed by atoms with Gasteiger partial charge in [-0.05, 0) is 0 Å². The Kier molecular flexibility index (Phi) is 1.72. The van der Waals surface area contributed by atoms with Crippen molar-refractivity contribution in [2.45, 2.75) is 0 Å². The van der Waals surface area contributed by atoms with Gasteiger partial charge in [-0.1, -0.05) is 11.6 Å². The van der Waals surface area contributed by atoms with Crippen LogP contribution in [0, 0.1) is 0 Å². The molecule has 0 saturated carbocycles. The van der Waals surface area contributed by atoms with E-state index in [1.54, 1.807) is 0 Å². The molecular weight excluding hydrogens is 161 g/mol. The summed E-state index contributed by atoms with van der Waals surface area (Å²) < 4.78 is 12.5. The Balaban J connectivity index is 2.94. The van der Waals surface area contributed by atoms with Crippen LogP contribution in [0.4, 0.5) is 4.39 Å². The van der Waals surface area contributed by atoms with Crippen LogP contribution in [0.5, 0.6) is 0 Å². The third-order valence-corrected chi connectivity index (χ3v) is 1.37. The number of hydrogen-bond donors (Lipinski definition) is 1. The van der Waals surface area contributed by atoms with Gasteiger partial charge in [-0.3, -0.25) is 4.99 Å². The second kappa shape index (κ2) is 2.38. The summed E-state index contributed by atoms with van der Waals surface area (Å²) in [5.41, 5.74) is -0.370. The van der Waals surface area contributed by atoms with Gasteiger partial charge in [-0.2, -0.15) is 0 Å². The molecule has 0 amide bonds. The lowest BCUT2D eigenvalue weighted by molar-refractivity contribution is -0.132. The highest BCUT2D eigenvalue weighted by Gasteiger charge is 2.22. The minimum atomic E-state index is -1.31. The average molecular weight is 164 g/mol. The predicted octanol–water partition coefficient (Wildman–Crippen LogP) is 0.946. The molecule has 0 saturated heterocycles. The molecule has 0 atom stereocenters. The maximum Gasteiger partial charge on any atom is 0.336 e. The first-order valence-corrected chi connectivity index (χ1v) is 2.83. The Morgan fingerprint density at radius 1 is 1.80 bits per heavy atom. The molecule has 0 aromatic carbocycles. The van der Waals surface area contributed by atoms with Crippen LogP contribution in [0.1, 0.15) is 0 Å². The smallest absolute Gasteiger partial charge is 0.336 e. The Bertz CT molecular complexity index is 246. The molecule has 1 heterocycles. The first-order valence-electron chi connectivity index (χ1n) is 2.45. The fraction of sp³-hybridized carbons (Fsp3) is 0.200. The molecular formula is C5H3ClFNO2. The van der Waals surface area contributed by atoms with Crippen molar-refractivity contribution in [1.29, 1.82) is 0 Å². The van der Waals surface area contributed by atoms with Crippen LogP contribution < -0.4 is 0 Å². The molecule has 0 bridgehead atoms. The minimum absolute atomic E-state index is 0.167. The zero-order chi connectivity index (χ0) is 7.72. The highest BCUT2D eigenvalue weighted by Crippen LogP contribution is 2.18. The molecule has 0 unspecified atom stereocenters. The Labute approximate surface area is 60.8 Å². The maximum atomic E-state index is 12.5. The normalized spacial score (nSPS) is 17.6. The number of carboxylic acid groups (broad SMARTS) is 1. The van der Waals surface area contributed by atoms with E-state index in [9.17, 15) is 9.18 Å². The highest BCUT2D eigenvalue weighted by molar-refractivity contribution is 6.69. The molecule has 0 aromatic heterocycles. The lowest BCUT2D eigenvalue weighted by atomic mass is 10.3. The largest absolute Gasteiger partial charge is 0.478 e. The quantitative estimate of drug-likeness (QED) is 0.626. The fourth-order valence-electron chi connectivity index (χ4n) is 0.573. The van der Waals surface area contributed by atoms with Gasteiger partial charge in [-0.25, -0.2) is 9.18 Å². The van der Waals surface area contributed by atoms with Gasteiger partial charge in [0.15, 0.2) is 11.0 Å². The van der Waals surface area contributed by atoms with E-state index in [0.717, 1.165) is 0 Å². The van der Waals surface area contributed by atoms with E-state index in [2.05, 4.69) is 4.99 Å². The van der Waals surface area contributed by atoms with Crippen molar-refractivity contribution < 1.29 is 14.3 Å². The van der Waals surface area contributed by atoms with E-state index < -0.39 is 11.8 Å². The Morgan fingerprint density at radius 2 is 2.40 bits per heavy atom. The van der Waals surface area contributed by atoms with E-state index in [0.29, 0.717) is 0 Å². The highest BCUT2D eigenvalue weighted by atomic mass is 35.5. The standard InChI is InChI=1S/C5H3ClFNO2/c6-4-3(7)2(1-8-4)5(9)10/h1H2,(H,9,10). The molecule has 3 nitrogen and oxygen atoms in total. The molecule has 1 N–H and O–H groups in total. The molecule has 0 aromatic rings. The zero-order valence-corrected chi connectivity index (χ0v) is 5.52. The van der Waals surface area contributed by atoms with E-state index in [4.69, 9.17) is 16.7 Å². The molecule has 5 heteroatoms. The van der Waals surface area contributed by atoms with Crippen LogP contribution in [-0.2, 0) is 4.79 Å². The summed E-state index contributed by atoms with van der Waals surface area (Å²) in [6.45, 7) is -0.167. The zero-order valence-electron chi connectivity index (χ0n) is 4.77. The lowest BCUT2D eigenvalue weighted by Gasteiger charge is -1.88. The van der Waals surface area contributed by atoms with Crippen molar-refractivity contribution in [3.8, 4) is 0 Å². The van der Waals surface area contributed by atoms with Crippen LogP contribution in [0.3, 0.4) is 0 Å². The number of halogens is 2. The molecule has 0 spiro atoms. The third-order valence-electron chi connectivity index (χ3n) is 1.08. The molecule has 1 aliphatic heterocycles. The van der Waals surface area contributed by atoms with Crippen molar-refractivity contribution in [1.82, 2.24) is 0 Å². The minimum Gasteiger partial charge on any atom is -0.478 e. The van der Waals surface area contributed by atoms with Crippen molar-refractivity contribution in [3.63, 3.8) is 0 Å². The molecule has 1 aliphatic rings. The van der Waals surface area contributed by atoms with Crippen LogP contribution >= 0.6 is 11.6 Å². The van der Waals surface area contributed by atoms with Gasteiger partial charge >= 0.3 is 5.97 Å². The SMILES string of the molecule is O=C(O)C1=C(F)C(Cl)=NC1. The van der Waals surface area contributed by atoms with Crippen LogP contribution in [0.15, 0.2) is 16.4 Å². The number of hydrogen-bond acceptors (Lipinski definition) is 2. The van der Waals surface area contributed by atoms with Crippen molar-refractivity contribution in [3.05, 3.63) is 11.4 Å². The second-order valence-electron chi connectivity index (χ2n) is 1.70. The van der Waals surface area contributed by atoms with Gasteiger partial charge in [0.2, 0.25) is 0 Å². The van der Waals surface area contributed by atoms with Gasteiger partial charge in [0.25, 0.3) is 0 Å². The first-order chi connectivity index (χ1) is 4.63. The van der Waals surface area contributed by atoms with Gasteiger partial charge in [0, 0.05) is 0 Å². The summed E-state index contributed by atoms with van der Waals surface area (Å²) in [6.07, 6.45) is 0. The number of carbonyl (C=O) groups is 1. The number of nitrogens with zero attached hydrogens (tertiary/aromatic N) is 1. The molecule has 0 radical (unpaired) electrons. The van der Waals surface area contributed by atoms with Gasteiger partial charge in [0.1, 0.15) is 0 Å². The van der Waals surface area contributed by atoms with Gasteiger partial charge < -0.3 is 5.11 Å². The van der Waals surface area contributed by atoms with Crippen LogP contribution in [-0.4, -0.2) is 22.8 Å². The monoisotopic (exact) mass is 163 g/mol. The Hall–Kier alpha value is -0.900. The molecule has 0 fully saturated rings. The molecule has 10 heavy (non-hydrogen) atoms. The third kappa shape index (κ3) is 1.02. The fourth-order valence-corrected chi connectivity index (χ4v) is 0.747. The molecule has 54 valence electrons. The van der Waals surface area contributed by atoms with Crippen LogP contribution in [0.2, 0.25) is 0 Å². The Morgan fingerprint density at radius 3 is 2.60 bits per heavy atom. The topological polar surface area (TPSA) is 49.7 Å². The van der Waals surface area contributed by atoms with Gasteiger partial charge in [-0.15, -0.1) is 0 Å². The number of aliphatic carboxylic acids is 1. The summed E-state index contributed by atoms with van der Waals surface area (Å²) in [5.74, 6) is -2.23. The maximum absolute atomic E-state index is 12.5. The van der Waals surface area contributed by atoms with E-state index in [1.165, 1.54) is 0 Å².